The van der Waals surface area contributed by atoms with Crippen LogP contribution < -0.4 is 9.62 Å². The van der Waals surface area contributed by atoms with Crippen LogP contribution in [0.1, 0.15) is 46.6 Å². The highest BCUT2D eigenvalue weighted by atomic mass is 32.2. The van der Waals surface area contributed by atoms with Gasteiger partial charge in [0.25, 0.3) is 0 Å². The maximum atomic E-state index is 12.9. The fourth-order valence-corrected chi connectivity index (χ4v) is 4.33. The van der Waals surface area contributed by atoms with E-state index in [9.17, 15) is 13.2 Å². The highest BCUT2D eigenvalue weighted by Crippen LogP contribution is 2.23. The van der Waals surface area contributed by atoms with E-state index in [2.05, 4.69) is 33.0 Å². The van der Waals surface area contributed by atoms with Gasteiger partial charge in [-0.3, -0.25) is 9.10 Å². The van der Waals surface area contributed by atoms with E-state index in [1.54, 1.807) is 12.1 Å². The zero-order chi connectivity index (χ0) is 19.4. The Kier molecular flexibility index (Phi) is 7.47. The third-order valence-corrected chi connectivity index (χ3v) is 5.54. The number of amides is 1. The summed E-state index contributed by atoms with van der Waals surface area (Å²) in [7, 11) is -3.59. The zero-order valence-corrected chi connectivity index (χ0v) is 17.2. The third-order valence-electron chi connectivity index (χ3n) is 4.36. The number of sulfonamides is 1. The molecule has 1 rings (SSSR count). The smallest absolute Gasteiger partial charge is 0.244 e. The first-order valence-corrected chi connectivity index (χ1v) is 10.7. The lowest BCUT2D eigenvalue weighted by molar-refractivity contribution is -0.123. The molecule has 1 atom stereocenters. The molecule has 0 aliphatic carbocycles. The van der Waals surface area contributed by atoms with Gasteiger partial charge in [-0.1, -0.05) is 52.3 Å². The van der Waals surface area contributed by atoms with Gasteiger partial charge in [0.2, 0.25) is 15.9 Å². The molecule has 0 heterocycles. The van der Waals surface area contributed by atoms with Crippen LogP contribution in [0.4, 0.5) is 5.69 Å². The Bertz CT molecular complexity index is 658. The second-order valence-electron chi connectivity index (χ2n) is 7.34. The van der Waals surface area contributed by atoms with Crippen molar-refractivity contribution < 1.29 is 13.2 Å². The highest BCUT2D eigenvalue weighted by Gasteiger charge is 2.33. The number of carbonyl (C=O) groups excluding carboxylic acids is 1. The summed E-state index contributed by atoms with van der Waals surface area (Å²) in [5, 5.41) is 3.06. The largest absolute Gasteiger partial charge is 0.351 e. The molecular formula is C19H32N2O3S. The van der Waals surface area contributed by atoms with Crippen molar-refractivity contribution in [3.8, 4) is 0 Å². The Balaban J connectivity index is 3.21. The Morgan fingerprint density at radius 2 is 1.56 bits per heavy atom. The van der Waals surface area contributed by atoms with Crippen LogP contribution in [0.15, 0.2) is 24.3 Å². The summed E-state index contributed by atoms with van der Waals surface area (Å²) in [5.74, 6) is 0.293. The van der Waals surface area contributed by atoms with E-state index in [0.717, 1.165) is 11.8 Å². The average Bonchev–Trinajstić information content (AvgIpc) is 2.49. The molecule has 1 N–H and O–H groups in total. The summed E-state index contributed by atoms with van der Waals surface area (Å²) in [4.78, 5) is 12.9. The van der Waals surface area contributed by atoms with Crippen LogP contribution in [0.5, 0.6) is 0 Å². The van der Waals surface area contributed by atoms with E-state index in [1.165, 1.54) is 4.31 Å². The maximum absolute atomic E-state index is 12.9. The normalized spacial score (nSPS) is 13.4. The number of nitrogens with zero attached hydrogens (tertiary/aromatic N) is 1. The summed E-state index contributed by atoms with van der Waals surface area (Å²) < 4.78 is 26.1. The van der Waals surface area contributed by atoms with Crippen molar-refractivity contribution in [2.45, 2.75) is 60.0 Å². The van der Waals surface area contributed by atoms with Gasteiger partial charge in [0.15, 0.2) is 0 Å². The number of carbonyl (C=O) groups is 1. The Morgan fingerprint density at radius 1 is 1.08 bits per heavy atom. The summed E-state index contributed by atoms with van der Waals surface area (Å²) >= 11 is 0. The lowest BCUT2D eigenvalue weighted by Crippen LogP contribution is -2.53. The summed E-state index contributed by atoms with van der Waals surface area (Å²) in [6.45, 7) is 12.0. The van der Waals surface area contributed by atoms with Gasteiger partial charge < -0.3 is 5.32 Å². The minimum Gasteiger partial charge on any atom is -0.351 e. The molecule has 0 saturated heterocycles. The van der Waals surface area contributed by atoms with Gasteiger partial charge in [-0.25, -0.2) is 8.42 Å². The molecule has 25 heavy (non-hydrogen) atoms. The van der Waals surface area contributed by atoms with Crippen LogP contribution in [0.25, 0.3) is 0 Å². The maximum Gasteiger partial charge on any atom is 0.244 e. The monoisotopic (exact) mass is 368 g/mol. The molecule has 5 nitrogen and oxygen atoms in total. The van der Waals surface area contributed by atoms with Crippen LogP contribution in [-0.4, -0.2) is 32.7 Å². The Hall–Kier alpha value is -1.56. The number of hydrogen-bond donors (Lipinski definition) is 1. The van der Waals surface area contributed by atoms with Crippen LogP contribution in [0, 0.1) is 18.8 Å². The predicted molar refractivity (Wildman–Crippen MR) is 104 cm³/mol. The third kappa shape index (κ3) is 5.73. The first kappa shape index (κ1) is 21.5. The summed E-state index contributed by atoms with van der Waals surface area (Å²) in [6.07, 6.45) is 1.54. The minimum absolute atomic E-state index is 0.000906. The molecule has 0 spiro atoms. The van der Waals surface area contributed by atoms with Crippen LogP contribution in [-0.2, 0) is 14.8 Å². The lowest BCUT2D eigenvalue weighted by Gasteiger charge is -2.33. The number of aryl methyl sites for hydroxylation is 1. The average molecular weight is 369 g/mol. The van der Waals surface area contributed by atoms with Crippen molar-refractivity contribution in [1.82, 2.24) is 5.32 Å². The van der Waals surface area contributed by atoms with Gasteiger partial charge in [-0.2, -0.15) is 0 Å². The summed E-state index contributed by atoms with van der Waals surface area (Å²) in [5.41, 5.74) is 1.55. The molecule has 0 radical (unpaired) electrons. The molecule has 0 aliphatic heterocycles. The van der Waals surface area contributed by atoms with Gasteiger partial charge in [-0.05, 0) is 37.3 Å². The molecule has 0 aliphatic rings. The lowest BCUT2D eigenvalue weighted by atomic mass is 9.93. The number of anilines is 1. The fraction of sp³-hybridized carbons (Fsp3) is 0.632. The predicted octanol–water partition coefficient (Wildman–Crippen LogP) is 3.34. The van der Waals surface area contributed by atoms with Gasteiger partial charge in [0, 0.05) is 6.04 Å². The second-order valence-corrected chi connectivity index (χ2v) is 9.20. The van der Waals surface area contributed by atoms with E-state index in [4.69, 9.17) is 0 Å². The highest BCUT2D eigenvalue weighted by molar-refractivity contribution is 7.92. The quantitative estimate of drug-likeness (QED) is 0.765. The first-order chi connectivity index (χ1) is 11.5. The molecule has 0 saturated carbocycles. The molecule has 0 aromatic heterocycles. The number of rotatable bonds is 8. The van der Waals surface area contributed by atoms with Crippen molar-refractivity contribution in [3.63, 3.8) is 0 Å². The number of hydrogen-bond acceptors (Lipinski definition) is 3. The minimum atomic E-state index is -3.59. The fourth-order valence-electron chi connectivity index (χ4n) is 3.12. The molecule has 0 bridgehead atoms. The first-order valence-electron chi connectivity index (χ1n) is 8.85. The summed E-state index contributed by atoms with van der Waals surface area (Å²) in [6, 6.07) is 6.43. The van der Waals surface area contributed by atoms with Crippen LogP contribution in [0.2, 0.25) is 0 Å². The second kappa shape index (κ2) is 8.70. The van der Waals surface area contributed by atoms with Gasteiger partial charge in [0.05, 0.1) is 11.9 Å². The molecular weight excluding hydrogens is 336 g/mol. The molecule has 0 fully saturated rings. The van der Waals surface area contributed by atoms with Gasteiger partial charge in [0.1, 0.15) is 6.04 Å². The SMILES string of the molecule is CC[C@@H](C(=O)NC(C(C)C)C(C)C)N(c1ccc(C)cc1)S(C)(=O)=O. The number of nitrogens with one attached hydrogen (secondary N) is 1. The molecule has 1 amide bonds. The van der Waals surface area contributed by atoms with Crippen LogP contribution in [0.3, 0.4) is 0 Å². The van der Waals surface area contributed by atoms with Crippen molar-refractivity contribution in [3.05, 3.63) is 29.8 Å². The van der Waals surface area contributed by atoms with Crippen molar-refractivity contribution in [2.24, 2.45) is 11.8 Å². The molecule has 6 heteroatoms. The Labute approximate surface area is 152 Å². The molecule has 1 aromatic rings. The Morgan fingerprint density at radius 3 is 1.92 bits per heavy atom. The van der Waals surface area contributed by atoms with Crippen molar-refractivity contribution >= 4 is 21.6 Å². The van der Waals surface area contributed by atoms with E-state index in [-0.39, 0.29) is 23.8 Å². The number of benzene rings is 1. The zero-order valence-electron chi connectivity index (χ0n) is 16.4. The molecule has 142 valence electrons. The topological polar surface area (TPSA) is 66.5 Å². The van der Waals surface area contributed by atoms with E-state index in [0.29, 0.717) is 12.1 Å². The van der Waals surface area contributed by atoms with Gasteiger partial charge in [-0.15, -0.1) is 0 Å². The standard InChI is InChI=1S/C19H32N2O3S/c1-8-17(19(22)20-18(13(2)3)14(4)5)21(25(7,23)24)16-11-9-15(6)10-12-16/h9-14,17-18H,8H2,1-7H3,(H,20,22)/t17-/m0/s1. The van der Waals surface area contributed by atoms with Crippen LogP contribution >= 0.6 is 0 Å². The van der Waals surface area contributed by atoms with E-state index < -0.39 is 16.1 Å². The van der Waals surface area contributed by atoms with Crippen molar-refractivity contribution in [2.75, 3.05) is 10.6 Å². The van der Waals surface area contributed by atoms with E-state index in [1.807, 2.05) is 26.0 Å². The van der Waals surface area contributed by atoms with E-state index >= 15 is 0 Å². The molecule has 1 aromatic carbocycles. The van der Waals surface area contributed by atoms with Crippen molar-refractivity contribution in [1.29, 1.82) is 0 Å². The van der Waals surface area contributed by atoms with Gasteiger partial charge >= 0.3 is 0 Å². The molecule has 0 unspecified atom stereocenters.